The number of anilines is 5. The average Bonchev–Trinajstić information content (AvgIpc) is 3.84. The predicted octanol–water partition coefficient (Wildman–Crippen LogP) is 14.3. The van der Waals surface area contributed by atoms with E-state index >= 15 is 0 Å². The lowest BCUT2D eigenvalue weighted by atomic mass is 9.42. The van der Waals surface area contributed by atoms with Crippen LogP contribution in [0.1, 0.15) is 51.3 Å². The summed E-state index contributed by atoms with van der Waals surface area (Å²) in [5, 5.41) is 4.95. The molecule has 3 aliphatic rings. The molecule has 13 rings (SSSR count). The van der Waals surface area contributed by atoms with Gasteiger partial charge in [-0.25, -0.2) is 0 Å². The number of para-hydroxylation sites is 3. The van der Waals surface area contributed by atoms with Gasteiger partial charge in [-0.1, -0.05) is 144 Å². The molecule has 0 radical (unpaired) electrons. The molecule has 3 nitrogen and oxygen atoms in total. The van der Waals surface area contributed by atoms with Crippen LogP contribution in [-0.2, 0) is 10.8 Å². The summed E-state index contributed by atoms with van der Waals surface area (Å²) in [5.41, 5.74) is 19.3. The minimum absolute atomic E-state index is 0.0284. The molecule has 5 heterocycles. The standard InChI is InChI=1S/C55H41BN2OS/c1-54(2,3)33-26-28-41(38(30-33)32-16-7-6-8-17-32)57-43-29-27-35-34-18-9-13-24-45(34)59-53(35)51(43)56-50-44(57)31-47-48(36-19-10-14-25-46(36)60-47)49(50)37-20-15-22-40-52(37)58(56)42-23-12-11-21-39(42)55(40,4)5/h6-31H,1-5H3. The number of benzene rings is 8. The maximum atomic E-state index is 7.17. The smallest absolute Gasteiger partial charge is 0.337 e. The minimum Gasteiger partial charge on any atom is -0.456 e. The second-order valence-corrected chi connectivity index (χ2v) is 19.5. The van der Waals surface area contributed by atoms with Crippen molar-refractivity contribution in [2.45, 2.75) is 45.4 Å². The summed E-state index contributed by atoms with van der Waals surface area (Å²) in [7, 11) is 0. The second kappa shape index (κ2) is 11.8. The molecule has 0 saturated carbocycles. The summed E-state index contributed by atoms with van der Waals surface area (Å²) >= 11 is 1.91. The molecule has 3 aliphatic heterocycles. The van der Waals surface area contributed by atoms with Crippen LogP contribution in [0.3, 0.4) is 0 Å². The fraction of sp³-hybridized carbons (Fsp3) is 0.127. The molecule has 60 heavy (non-hydrogen) atoms. The van der Waals surface area contributed by atoms with Crippen LogP contribution in [-0.4, -0.2) is 6.85 Å². The summed E-state index contributed by atoms with van der Waals surface area (Å²) in [6.45, 7) is 11.6. The number of furan rings is 1. The Balaban J connectivity index is 1.26. The van der Waals surface area contributed by atoms with Gasteiger partial charge in [0.05, 0.1) is 5.69 Å². The first kappa shape index (κ1) is 34.3. The van der Waals surface area contributed by atoms with Gasteiger partial charge in [-0.2, -0.15) is 0 Å². The Hall–Kier alpha value is -6.56. The summed E-state index contributed by atoms with van der Waals surface area (Å²) in [6.07, 6.45) is 0. The Bertz CT molecular complexity index is 3480. The van der Waals surface area contributed by atoms with Crippen molar-refractivity contribution in [2.24, 2.45) is 0 Å². The maximum Gasteiger partial charge on any atom is 0.337 e. The normalized spacial score (nSPS) is 14.8. The van der Waals surface area contributed by atoms with Crippen LogP contribution in [0.5, 0.6) is 0 Å². The number of thiophene rings is 1. The van der Waals surface area contributed by atoms with E-state index in [1.807, 2.05) is 11.3 Å². The van der Waals surface area contributed by atoms with Crippen molar-refractivity contribution in [2.75, 3.05) is 9.71 Å². The summed E-state index contributed by atoms with van der Waals surface area (Å²) in [4.78, 5) is 5.28. The highest BCUT2D eigenvalue weighted by molar-refractivity contribution is 7.26. The third kappa shape index (κ3) is 4.40. The molecule has 8 aromatic carbocycles. The van der Waals surface area contributed by atoms with Crippen LogP contribution in [0.25, 0.3) is 64.4 Å². The van der Waals surface area contributed by atoms with Gasteiger partial charge < -0.3 is 14.1 Å². The van der Waals surface area contributed by atoms with Crippen molar-refractivity contribution < 1.29 is 4.42 Å². The molecule has 0 aliphatic carbocycles. The zero-order chi connectivity index (χ0) is 40.2. The monoisotopic (exact) mass is 788 g/mol. The largest absolute Gasteiger partial charge is 0.456 e. The lowest BCUT2D eigenvalue weighted by Gasteiger charge is -2.51. The summed E-state index contributed by atoms with van der Waals surface area (Å²) in [6, 6.07) is 59.1. The van der Waals surface area contributed by atoms with Gasteiger partial charge in [0.2, 0.25) is 0 Å². The first-order valence-corrected chi connectivity index (χ1v) is 21.9. The Morgan fingerprint density at radius 1 is 0.567 bits per heavy atom. The highest BCUT2D eigenvalue weighted by Crippen LogP contribution is 2.58. The van der Waals surface area contributed by atoms with E-state index in [4.69, 9.17) is 4.42 Å². The van der Waals surface area contributed by atoms with Crippen LogP contribution in [0.4, 0.5) is 28.4 Å². The number of hydrogen-bond donors (Lipinski definition) is 0. The van der Waals surface area contributed by atoms with Crippen LogP contribution in [0.2, 0.25) is 0 Å². The van der Waals surface area contributed by atoms with Crippen molar-refractivity contribution >= 4 is 99.7 Å². The molecule has 286 valence electrons. The van der Waals surface area contributed by atoms with Gasteiger partial charge in [-0.05, 0) is 87.2 Å². The van der Waals surface area contributed by atoms with E-state index in [1.54, 1.807) is 0 Å². The van der Waals surface area contributed by atoms with Crippen LogP contribution in [0.15, 0.2) is 162 Å². The van der Waals surface area contributed by atoms with Gasteiger partial charge in [0.1, 0.15) is 11.2 Å². The Labute approximate surface area is 354 Å². The van der Waals surface area contributed by atoms with Crippen LogP contribution in [0, 0.1) is 0 Å². The molecule has 0 atom stereocenters. The Morgan fingerprint density at radius 3 is 2.15 bits per heavy atom. The summed E-state index contributed by atoms with van der Waals surface area (Å²) < 4.78 is 9.79. The van der Waals surface area contributed by atoms with E-state index in [2.05, 4.69) is 202 Å². The third-order valence-electron chi connectivity index (χ3n) is 13.8. The van der Waals surface area contributed by atoms with Crippen LogP contribution < -0.4 is 20.6 Å². The van der Waals surface area contributed by atoms with E-state index < -0.39 is 0 Å². The number of fused-ring (bicyclic) bond motifs is 14. The molecule has 5 heteroatoms. The molecular weight excluding hydrogens is 747 g/mol. The summed E-state index contributed by atoms with van der Waals surface area (Å²) in [5.74, 6) is 0. The molecule has 0 N–H and O–H groups in total. The van der Waals surface area contributed by atoms with Crippen molar-refractivity contribution in [3.63, 3.8) is 0 Å². The average molecular weight is 789 g/mol. The fourth-order valence-corrected chi connectivity index (χ4v) is 12.1. The van der Waals surface area contributed by atoms with Crippen molar-refractivity contribution in [1.82, 2.24) is 0 Å². The molecule has 0 spiro atoms. The minimum atomic E-state index is -0.211. The zero-order valence-electron chi connectivity index (χ0n) is 34.3. The molecule has 10 aromatic rings. The number of nitrogens with zero attached hydrogens (tertiary/aromatic N) is 2. The molecule has 0 unspecified atom stereocenters. The fourth-order valence-electron chi connectivity index (χ4n) is 11.0. The first-order chi connectivity index (χ1) is 29.2. The van der Waals surface area contributed by atoms with Crippen molar-refractivity contribution in [1.29, 1.82) is 0 Å². The molecule has 0 saturated heterocycles. The molecule has 0 amide bonds. The van der Waals surface area contributed by atoms with Gasteiger partial charge in [-0.15, -0.1) is 11.3 Å². The predicted molar refractivity (Wildman–Crippen MR) is 257 cm³/mol. The SMILES string of the molecule is CC(C)(C)c1ccc(N2c3cc4sc5ccccc5c4c4c3B(c3c2ccc2c3oc3ccccc32)N2c3ccccc3C(C)(C)c3cccc-4c32)c(-c2ccccc2)c1. The Morgan fingerprint density at radius 2 is 1.30 bits per heavy atom. The van der Waals surface area contributed by atoms with E-state index in [9.17, 15) is 0 Å². The van der Waals surface area contributed by atoms with Gasteiger partial charge >= 0.3 is 6.85 Å². The Kier molecular flexibility index (Phi) is 6.75. The van der Waals surface area contributed by atoms with E-state index in [0.717, 1.165) is 33.3 Å². The second-order valence-electron chi connectivity index (χ2n) is 18.4. The molecule has 0 fully saturated rings. The molecule has 0 bridgehead atoms. The molecular formula is C55H41BN2OS. The van der Waals surface area contributed by atoms with Gasteiger partial charge in [-0.3, -0.25) is 0 Å². The highest BCUT2D eigenvalue weighted by atomic mass is 32.1. The van der Waals surface area contributed by atoms with Gasteiger partial charge in [0.25, 0.3) is 0 Å². The lowest BCUT2D eigenvalue weighted by molar-refractivity contribution is 0.590. The van der Waals surface area contributed by atoms with Crippen molar-refractivity contribution in [3.05, 3.63) is 174 Å². The highest BCUT2D eigenvalue weighted by Gasteiger charge is 2.52. The molecule has 2 aromatic heterocycles. The first-order valence-electron chi connectivity index (χ1n) is 21.1. The quantitative estimate of drug-likeness (QED) is 0.163. The van der Waals surface area contributed by atoms with E-state index in [-0.39, 0.29) is 17.7 Å². The third-order valence-corrected chi connectivity index (χ3v) is 14.9. The topological polar surface area (TPSA) is 19.6 Å². The van der Waals surface area contributed by atoms with Crippen LogP contribution >= 0.6 is 11.3 Å². The van der Waals surface area contributed by atoms with Gasteiger partial charge in [0.15, 0.2) is 0 Å². The van der Waals surface area contributed by atoms with Gasteiger partial charge in [0, 0.05) is 75.7 Å². The number of rotatable bonds is 2. The zero-order valence-corrected chi connectivity index (χ0v) is 35.1. The van der Waals surface area contributed by atoms with E-state index in [1.165, 1.54) is 87.1 Å². The van der Waals surface area contributed by atoms with E-state index in [0.29, 0.717) is 0 Å². The number of hydrogen-bond acceptors (Lipinski definition) is 4. The maximum absolute atomic E-state index is 7.17. The lowest BCUT2D eigenvalue weighted by Crippen LogP contribution is -2.63. The van der Waals surface area contributed by atoms with Crippen molar-refractivity contribution in [3.8, 4) is 22.3 Å².